The summed E-state index contributed by atoms with van der Waals surface area (Å²) in [6.45, 7) is 7.01. The van der Waals surface area contributed by atoms with Crippen LogP contribution in [0.4, 0.5) is 10.5 Å². The van der Waals surface area contributed by atoms with E-state index in [1.54, 1.807) is 27.7 Å². The van der Waals surface area contributed by atoms with Crippen LogP contribution < -0.4 is 10.6 Å². The molecule has 0 heterocycles. The number of nitro groups is 1. The molecule has 0 saturated carbocycles. The lowest BCUT2D eigenvalue weighted by atomic mass is 9.98. The molecular formula is C32H35N3O8. The molecule has 0 spiro atoms. The van der Waals surface area contributed by atoms with Crippen LogP contribution in [-0.4, -0.2) is 58.4 Å². The van der Waals surface area contributed by atoms with Gasteiger partial charge in [-0.2, -0.15) is 0 Å². The number of rotatable bonds is 11. The Morgan fingerprint density at radius 3 is 2.00 bits per heavy atom. The van der Waals surface area contributed by atoms with Crippen LogP contribution in [0.15, 0.2) is 72.8 Å². The number of ether oxygens (including phenoxy) is 2. The minimum atomic E-state index is -1.37. The number of nitrogens with one attached hydrogen (secondary N) is 2. The van der Waals surface area contributed by atoms with Crippen molar-refractivity contribution in [1.29, 1.82) is 0 Å². The maximum atomic E-state index is 13.4. The number of carbonyl (C=O) groups excluding carboxylic acids is 2. The van der Waals surface area contributed by atoms with Crippen LogP contribution >= 0.6 is 0 Å². The number of carboxylic acid groups (broad SMARTS) is 1. The van der Waals surface area contributed by atoms with Gasteiger partial charge in [-0.15, -0.1) is 0 Å². The molecular weight excluding hydrogens is 554 g/mol. The smallest absolute Gasteiger partial charge is 0.407 e. The first-order valence-corrected chi connectivity index (χ1v) is 13.9. The lowest BCUT2D eigenvalue weighted by Gasteiger charge is -2.31. The molecule has 11 nitrogen and oxygen atoms in total. The number of fused-ring (bicyclic) bond motifs is 3. The van der Waals surface area contributed by atoms with Crippen LogP contribution in [0.1, 0.15) is 50.3 Å². The number of carboxylic acids is 1. The molecule has 11 heteroatoms. The highest BCUT2D eigenvalue weighted by Gasteiger charge is 2.35. The molecule has 4 rings (SSSR count). The van der Waals surface area contributed by atoms with E-state index in [4.69, 9.17) is 9.47 Å². The molecule has 3 N–H and O–H groups in total. The fraction of sp³-hybridized carbons (Fsp3) is 0.344. The largest absolute Gasteiger partial charge is 0.480 e. The van der Waals surface area contributed by atoms with Gasteiger partial charge in [0.25, 0.3) is 5.69 Å². The summed E-state index contributed by atoms with van der Waals surface area (Å²) in [6.07, 6.45) is -1.84. The Hall–Kier alpha value is -4.77. The molecule has 1 aliphatic rings. The Bertz CT molecular complexity index is 1450. The SMILES string of the molecule is CC(OC(C)(C)C)C(NC(=O)OCC1c2ccccc2-c2ccccc21)C(=O)NC(Cc1ccc([N+](=O)[O-])cc1)C(=O)O. The Morgan fingerprint density at radius 1 is 0.930 bits per heavy atom. The van der Waals surface area contributed by atoms with E-state index in [-0.39, 0.29) is 24.6 Å². The van der Waals surface area contributed by atoms with E-state index in [0.717, 1.165) is 22.3 Å². The number of alkyl carbamates (subject to hydrolysis) is 1. The molecule has 0 bridgehead atoms. The molecule has 2 amide bonds. The van der Waals surface area contributed by atoms with Crippen LogP contribution in [0.25, 0.3) is 11.1 Å². The van der Waals surface area contributed by atoms with Crippen molar-refractivity contribution in [2.75, 3.05) is 6.61 Å². The summed E-state index contributed by atoms with van der Waals surface area (Å²) in [5.74, 6) is -2.28. The second-order valence-corrected chi connectivity index (χ2v) is 11.4. The molecule has 0 radical (unpaired) electrons. The van der Waals surface area contributed by atoms with E-state index in [1.807, 2.05) is 48.5 Å². The number of non-ortho nitro benzene ring substituents is 1. The molecule has 0 aromatic heterocycles. The Morgan fingerprint density at radius 2 is 1.49 bits per heavy atom. The second kappa shape index (κ2) is 13.0. The van der Waals surface area contributed by atoms with E-state index < -0.39 is 46.7 Å². The van der Waals surface area contributed by atoms with Crippen molar-refractivity contribution < 1.29 is 33.9 Å². The van der Waals surface area contributed by atoms with Gasteiger partial charge in [0, 0.05) is 24.5 Å². The monoisotopic (exact) mass is 589 g/mol. The predicted molar refractivity (Wildman–Crippen MR) is 159 cm³/mol. The van der Waals surface area contributed by atoms with Gasteiger partial charge >= 0.3 is 12.1 Å². The van der Waals surface area contributed by atoms with Gasteiger partial charge in [0.05, 0.1) is 16.6 Å². The first kappa shape index (κ1) is 31.2. The zero-order valence-electron chi connectivity index (χ0n) is 24.4. The quantitative estimate of drug-likeness (QED) is 0.212. The van der Waals surface area contributed by atoms with Gasteiger partial charge in [-0.05, 0) is 55.5 Å². The third kappa shape index (κ3) is 7.75. The highest BCUT2D eigenvalue weighted by Crippen LogP contribution is 2.44. The number of hydrogen-bond donors (Lipinski definition) is 3. The lowest BCUT2D eigenvalue weighted by Crippen LogP contribution is -2.57. The standard InChI is InChI=1S/C32H35N3O8/c1-19(43-32(2,3)4)28(29(36)33-27(30(37)38)17-20-13-15-21(16-14-20)35(40)41)34-31(39)42-18-26-24-11-7-5-9-22(24)23-10-6-8-12-25(23)26/h5-16,19,26-28H,17-18H2,1-4H3,(H,33,36)(H,34,39)(H,37,38). The van der Waals surface area contributed by atoms with Crippen LogP contribution in [-0.2, 0) is 25.5 Å². The molecule has 1 aliphatic carbocycles. The van der Waals surface area contributed by atoms with Crippen molar-refractivity contribution in [2.45, 2.75) is 63.8 Å². The summed E-state index contributed by atoms with van der Waals surface area (Å²) in [7, 11) is 0. The maximum absolute atomic E-state index is 13.4. The van der Waals surface area contributed by atoms with Crippen molar-refractivity contribution in [3.8, 4) is 11.1 Å². The topological polar surface area (TPSA) is 157 Å². The highest BCUT2D eigenvalue weighted by atomic mass is 16.6. The number of nitrogens with zero attached hydrogens (tertiary/aromatic N) is 1. The van der Waals surface area contributed by atoms with Crippen LogP contribution in [0.2, 0.25) is 0 Å². The number of nitro benzene ring substituents is 1. The summed E-state index contributed by atoms with van der Waals surface area (Å²) < 4.78 is 11.6. The molecule has 3 aromatic carbocycles. The first-order chi connectivity index (χ1) is 20.3. The van der Waals surface area contributed by atoms with E-state index in [2.05, 4.69) is 10.6 Å². The number of amides is 2. The van der Waals surface area contributed by atoms with E-state index >= 15 is 0 Å². The summed E-state index contributed by atoms with van der Waals surface area (Å²) in [6, 6.07) is 18.5. The average molecular weight is 590 g/mol. The first-order valence-electron chi connectivity index (χ1n) is 13.9. The fourth-order valence-electron chi connectivity index (χ4n) is 5.24. The van der Waals surface area contributed by atoms with Gasteiger partial charge in [-0.1, -0.05) is 60.7 Å². The summed E-state index contributed by atoms with van der Waals surface area (Å²) >= 11 is 0. The minimum absolute atomic E-state index is 0.0284. The zero-order valence-corrected chi connectivity index (χ0v) is 24.4. The van der Waals surface area contributed by atoms with Gasteiger partial charge in [0.2, 0.25) is 5.91 Å². The average Bonchev–Trinajstić information content (AvgIpc) is 3.27. The molecule has 0 fully saturated rings. The van der Waals surface area contributed by atoms with Crippen molar-refractivity contribution >= 4 is 23.7 Å². The Labute approximate surface area is 249 Å². The fourth-order valence-corrected chi connectivity index (χ4v) is 5.24. The maximum Gasteiger partial charge on any atom is 0.407 e. The van der Waals surface area contributed by atoms with Gasteiger partial charge < -0.3 is 25.2 Å². The van der Waals surface area contributed by atoms with E-state index in [1.165, 1.54) is 24.3 Å². The number of hydrogen-bond acceptors (Lipinski definition) is 7. The lowest BCUT2D eigenvalue weighted by molar-refractivity contribution is -0.384. The van der Waals surface area contributed by atoms with Crippen LogP contribution in [0, 0.1) is 10.1 Å². The second-order valence-electron chi connectivity index (χ2n) is 11.4. The normalized spacial score (nSPS) is 14.5. The van der Waals surface area contributed by atoms with Crippen molar-refractivity contribution in [3.63, 3.8) is 0 Å². The molecule has 3 unspecified atom stereocenters. The van der Waals surface area contributed by atoms with Gasteiger partial charge in [-0.25, -0.2) is 9.59 Å². The van der Waals surface area contributed by atoms with Crippen LogP contribution in [0.3, 0.4) is 0 Å². The highest BCUT2D eigenvalue weighted by molar-refractivity contribution is 5.90. The van der Waals surface area contributed by atoms with Gasteiger partial charge in [0.1, 0.15) is 18.7 Å². The summed E-state index contributed by atoms with van der Waals surface area (Å²) in [5, 5.41) is 25.8. The Balaban J connectivity index is 1.47. The van der Waals surface area contributed by atoms with Crippen molar-refractivity contribution in [2.24, 2.45) is 0 Å². The minimum Gasteiger partial charge on any atom is -0.480 e. The van der Waals surface area contributed by atoms with Crippen molar-refractivity contribution in [1.82, 2.24) is 10.6 Å². The number of benzene rings is 3. The summed E-state index contributed by atoms with van der Waals surface area (Å²) in [4.78, 5) is 48.9. The molecule has 3 aromatic rings. The third-order valence-electron chi connectivity index (χ3n) is 7.11. The molecule has 0 saturated heterocycles. The molecule has 3 atom stereocenters. The van der Waals surface area contributed by atoms with Crippen molar-refractivity contribution in [3.05, 3.63) is 99.6 Å². The third-order valence-corrected chi connectivity index (χ3v) is 7.11. The van der Waals surface area contributed by atoms with E-state index in [9.17, 15) is 29.6 Å². The summed E-state index contributed by atoms with van der Waals surface area (Å²) in [5.41, 5.74) is 3.87. The van der Waals surface area contributed by atoms with Crippen LogP contribution in [0.5, 0.6) is 0 Å². The molecule has 0 aliphatic heterocycles. The number of carbonyl (C=O) groups is 3. The number of aliphatic carboxylic acids is 1. The van der Waals surface area contributed by atoms with Gasteiger partial charge in [0.15, 0.2) is 0 Å². The zero-order chi connectivity index (χ0) is 31.3. The van der Waals surface area contributed by atoms with Gasteiger partial charge in [-0.3, -0.25) is 14.9 Å². The molecule has 43 heavy (non-hydrogen) atoms. The molecule has 226 valence electrons. The Kier molecular flexibility index (Phi) is 9.45. The predicted octanol–water partition coefficient (Wildman–Crippen LogP) is 4.82. The van der Waals surface area contributed by atoms with E-state index in [0.29, 0.717) is 5.56 Å².